The molecule has 0 radical (unpaired) electrons. The number of carboxylic acids is 1. The van der Waals surface area contributed by atoms with E-state index in [1.54, 1.807) is 7.11 Å². The zero-order valence-electron chi connectivity index (χ0n) is 25.8. The number of aliphatic carboxylic acids is 1. The Morgan fingerprint density at radius 3 is 2.65 bits per heavy atom. The van der Waals surface area contributed by atoms with Crippen molar-refractivity contribution in [3.8, 4) is 17.2 Å². The third-order valence-electron chi connectivity index (χ3n) is 8.75. The number of carboxylic acid groups (broad SMARTS) is 1. The molecule has 3 aliphatic heterocycles. The number of carbonyl (C=O) groups is 2. The van der Waals surface area contributed by atoms with E-state index in [1.807, 2.05) is 71.9 Å². The molecule has 0 spiro atoms. The number of hydrogen-bond acceptors (Lipinski definition) is 8. The largest absolute Gasteiger partial charge is 0.493 e. The van der Waals surface area contributed by atoms with E-state index in [0.717, 1.165) is 24.1 Å². The SMILES string of the molecule is CCCCN(C(=O)CN1C[C@H](c2cc(OC)c3c(c2)OCO3)C(C(=O)O)[C@@H]1CC(C)(C)C1OCCO1)c1ccc[n+](C)c1. The second-order valence-corrected chi connectivity index (χ2v) is 12.3. The molecular formula is C32H44N3O8+. The molecule has 0 aliphatic carbocycles. The number of rotatable bonds is 12. The number of pyridine rings is 1. The van der Waals surface area contributed by atoms with Gasteiger partial charge in [0.15, 0.2) is 30.2 Å². The number of fused-ring (bicyclic) bond motifs is 1. The van der Waals surface area contributed by atoms with Gasteiger partial charge in [-0.15, -0.1) is 0 Å². The van der Waals surface area contributed by atoms with E-state index in [1.165, 1.54) is 0 Å². The van der Waals surface area contributed by atoms with Gasteiger partial charge in [0, 0.05) is 36.5 Å². The summed E-state index contributed by atoms with van der Waals surface area (Å²) in [4.78, 5) is 31.0. The van der Waals surface area contributed by atoms with E-state index in [0.29, 0.717) is 50.0 Å². The van der Waals surface area contributed by atoms with Crippen LogP contribution in [0.1, 0.15) is 51.5 Å². The molecule has 1 aromatic heterocycles. The Hall–Kier alpha value is -3.41. The van der Waals surface area contributed by atoms with Crippen molar-refractivity contribution in [3.05, 3.63) is 42.2 Å². The molecule has 3 atom stereocenters. The van der Waals surface area contributed by atoms with Crippen molar-refractivity contribution < 1.29 is 42.9 Å². The van der Waals surface area contributed by atoms with Gasteiger partial charge in [-0.3, -0.25) is 14.5 Å². The number of hydrogen-bond donors (Lipinski definition) is 1. The number of nitrogens with zero attached hydrogens (tertiary/aromatic N) is 3. The molecule has 3 aliphatic rings. The monoisotopic (exact) mass is 598 g/mol. The average molecular weight is 599 g/mol. The molecule has 0 bridgehead atoms. The molecular weight excluding hydrogens is 554 g/mol. The minimum Gasteiger partial charge on any atom is -0.493 e. The predicted octanol–water partition coefficient (Wildman–Crippen LogP) is 3.34. The Morgan fingerprint density at radius 2 is 1.98 bits per heavy atom. The third kappa shape index (κ3) is 6.58. The van der Waals surface area contributed by atoms with E-state index in [-0.39, 0.29) is 19.2 Å². The number of ether oxygens (including phenoxy) is 5. The molecule has 2 saturated heterocycles. The lowest BCUT2D eigenvalue weighted by Gasteiger charge is -2.37. The smallest absolute Gasteiger partial charge is 0.308 e. The zero-order valence-corrected chi connectivity index (χ0v) is 25.8. The number of anilines is 1. The lowest BCUT2D eigenvalue weighted by atomic mass is 9.77. The van der Waals surface area contributed by atoms with Crippen LogP contribution >= 0.6 is 0 Å². The predicted molar refractivity (Wildman–Crippen MR) is 157 cm³/mol. The van der Waals surface area contributed by atoms with E-state index < -0.39 is 35.6 Å². The maximum atomic E-state index is 14.1. The van der Waals surface area contributed by atoms with Gasteiger partial charge in [0.1, 0.15) is 12.7 Å². The first kappa shape index (κ1) is 31.0. The van der Waals surface area contributed by atoms with Gasteiger partial charge >= 0.3 is 5.97 Å². The van der Waals surface area contributed by atoms with Gasteiger partial charge in [0.25, 0.3) is 0 Å². The quantitative estimate of drug-likeness (QED) is 0.368. The molecule has 1 N–H and O–H groups in total. The molecule has 234 valence electrons. The molecule has 5 rings (SSSR count). The van der Waals surface area contributed by atoms with Gasteiger partial charge in [-0.25, -0.2) is 4.57 Å². The fourth-order valence-corrected chi connectivity index (χ4v) is 6.60. The van der Waals surface area contributed by atoms with Crippen LogP contribution in [0.2, 0.25) is 0 Å². The van der Waals surface area contributed by atoms with Crippen LogP contribution in [-0.2, 0) is 26.1 Å². The standard InChI is InChI=1S/C32H43N3O8/c1-6-7-11-35(22-9-8-10-33(4)17-22)27(36)19-34-18-23(21-14-25(39-5)29-26(15-21)42-20-43-29)28(30(37)38)24(34)16-32(2,3)31-40-12-13-41-31/h8-10,14-15,17,23-24,28,31H,6-7,11-13,16,18-20H2,1-5H3/p+1/t23-,24+,28?/m1/s1. The van der Waals surface area contributed by atoms with Crippen molar-refractivity contribution in [3.63, 3.8) is 0 Å². The fraction of sp³-hybridized carbons (Fsp3) is 0.594. The van der Waals surface area contributed by atoms with Crippen molar-refractivity contribution in [1.29, 1.82) is 0 Å². The normalized spacial score (nSPS) is 22.2. The Balaban J connectivity index is 1.50. The minimum absolute atomic E-state index is 0.0659. The first-order valence-electron chi connectivity index (χ1n) is 15.1. The summed E-state index contributed by atoms with van der Waals surface area (Å²) in [5.41, 5.74) is 1.10. The number of likely N-dealkylation sites (tertiary alicyclic amines) is 1. The molecule has 4 heterocycles. The van der Waals surface area contributed by atoms with Crippen LogP contribution < -0.4 is 23.7 Å². The molecule has 2 fully saturated rings. The maximum Gasteiger partial charge on any atom is 0.308 e. The van der Waals surface area contributed by atoms with Gasteiger partial charge in [0.05, 0.1) is 32.8 Å². The Kier molecular flexibility index (Phi) is 9.43. The number of methoxy groups -OCH3 is 1. The van der Waals surface area contributed by atoms with Crippen LogP contribution in [0.25, 0.3) is 0 Å². The second-order valence-electron chi connectivity index (χ2n) is 12.3. The Bertz CT molecular complexity index is 1310. The number of unbranched alkanes of at least 4 members (excludes halogenated alkanes) is 1. The van der Waals surface area contributed by atoms with Crippen LogP contribution in [0.4, 0.5) is 5.69 Å². The number of carbonyl (C=O) groups excluding carboxylic acids is 1. The summed E-state index contributed by atoms with van der Waals surface area (Å²) in [5.74, 6) is -0.654. The molecule has 0 saturated carbocycles. The van der Waals surface area contributed by atoms with Crippen molar-refractivity contribution in [2.24, 2.45) is 18.4 Å². The average Bonchev–Trinajstić information content (AvgIpc) is 3.74. The van der Waals surface area contributed by atoms with Crippen molar-refractivity contribution in [2.45, 2.75) is 58.3 Å². The summed E-state index contributed by atoms with van der Waals surface area (Å²) >= 11 is 0. The lowest BCUT2D eigenvalue weighted by Crippen LogP contribution is -2.47. The highest BCUT2D eigenvalue weighted by molar-refractivity contribution is 5.94. The molecule has 43 heavy (non-hydrogen) atoms. The highest BCUT2D eigenvalue weighted by Gasteiger charge is 2.51. The van der Waals surface area contributed by atoms with Crippen LogP contribution in [0, 0.1) is 11.3 Å². The number of benzene rings is 1. The molecule has 1 amide bonds. The van der Waals surface area contributed by atoms with E-state index in [2.05, 4.69) is 6.92 Å². The lowest BCUT2D eigenvalue weighted by molar-refractivity contribution is -0.670. The van der Waals surface area contributed by atoms with Gasteiger partial charge in [-0.1, -0.05) is 27.2 Å². The number of amides is 1. The molecule has 2 aromatic rings. The van der Waals surface area contributed by atoms with Crippen LogP contribution in [0.5, 0.6) is 17.2 Å². The van der Waals surface area contributed by atoms with Crippen molar-refractivity contribution in [2.75, 3.05) is 51.7 Å². The van der Waals surface area contributed by atoms with Crippen molar-refractivity contribution >= 4 is 17.6 Å². The Morgan fingerprint density at radius 1 is 1.21 bits per heavy atom. The van der Waals surface area contributed by atoms with E-state index >= 15 is 0 Å². The topological polar surface area (TPSA) is 111 Å². The van der Waals surface area contributed by atoms with Crippen LogP contribution in [0.3, 0.4) is 0 Å². The van der Waals surface area contributed by atoms with Crippen molar-refractivity contribution in [1.82, 2.24) is 4.90 Å². The Labute approximate surface area is 253 Å². The molecule has 11 nitrogen and oxygen atoms in total. The summed E-state index contributed by atoms with van der Waals surface area (Å²) < 4.78 is 30.5. The summed E-state index contributed by atoms with van der Waals surface area (Å²) in [6.45, 7) is 8.30. The van der Waals surface area contributed by atoms with Gasteiger partial charge < -0.3 is 33.7 Å². The molecule has 1 unspecified atom stereocenters. The molecule has 11 heteroatoms. The first-order valence-corrected chi connectivity index (χ1v) is 15.1. The highest BCUT2D eigenvalue weighted by Crippen LogP contribution is 2.48. The maximum absolute atomic E-state index is 14.1. The zero-order chi connectivity index (χ0) is 30.7. The fourth-order valence-electron chi connectivity index (χ4n) is 6.60. The summed E-state index contributed by atoms with van der Waals surface area (Å²) in [6.07, 6.45) is 5.69. The summed E-state index contributed by atoms with van der Waals surface area (Å²) in [6, 6.07) is 7.09. The van der Waals surface area contributed by atoms with E-state index in [9.17, 15) is 14.7 Å². The van der Waals surface area contributed by atoms with Crippen LogP contribution in [-0.4, -0.2) is 81.0 Å². The first-order chi connectivity index (χ1) is 20.6. The van der Waals surface area contributed by atoms with Gasteiger partial charge in [0.2, 0.25) is 18.4 Å². The van der Waals surface area contributed by atoms with Gasteiger partial charge in [-0.05, 0) is 36.6 Å². The minimum atomic E-state index is -0.913. The summed E-state index contributed by atoms with van der Waals surface area (Å²) in [5, 5.41) is 10.7. The highest BCUT2D eigenvalue weighted by atomic mass is 16.7. The van der Waals surface area contributed by atoms with Gasteiger partial charge in [-0.2, -0.15) is 0 Å². The number of aryl methyl sites for hydroxylation is 1. The van der Waals surface area contributed by atoms with Crippen LogP contribution in [0.15, 0.2) is 36.7 Å². The summed E-state index contributed by atoms with van der Waals surface area (Å²) in [7, 11) is 3.48. The second kappa shape index (κ2) is 13.1. The van der Waals surface area contributed by atoms with E-state index in [4.69, 9.17) is 23.7 Å². The number of aromatic nitrogens is 1. The molecule has 1 aromatic carbocycles. The third-order valence-corrected chi connectivity index (χ3v) is 8.75.